The smallest absolute Gasteiger partial charge is 0.325 e. The SMILES string of the molecule is Cc1c(C(=O)NCc2cccnc2)oc2nc(-c3ccccc3Cl)nn12. The van der Waals surface area contributed by atoms with Crippen LogP contribution in [0.2, 0.25) is 5.02 Å². The van der Waals surface area contributed by atoms with Crippen molar-refractivity contribution in [1.82, 2.24) is 24.9 Å². The highest BCUT2D eigenvalue weighted by Crippen LogP contribution is 2.26. The molecular formula is C18H14ClN5O2. The Kier molecular flexibility index (Phi) is 4.14. The van der Waals surface area contributed by atoms with Gasteiger partial charge in [0.25, 0.3) is 5.91 Å². The number of pyridine rings is 1. The van der Waals surface area contributed by atoms with Crippen molar-refractivity contribution in [3.8, 4) is 11.4 Å². The van der Waals surface area contributed by atoms with Gasteiger partial charge in [0.05, 0.1) is 10.7 Å². The Hall–Kier alpha value is -3.19. The van der Waals surface area contributed by atoms with E-state index in [-0.39, 0.29) is 17.5 Å². The van der Waals surface area contributed by atoms with Gasteiger partial charge < -0.3 is 9.73 Å². The molecule has 4 aromatic rings. The lowest BCUT2D eigenvalue weighted by Gasteiger charge is -2.03. The van der Waals surface area contributed by atoms with Gasteiger partial charge in [-0.1, -0.05) is 29.8 Å². The summed E-state index contributed by atoms with van der Waals surface area (Å²) in [6.07, 6.45) is 3.37. The Bertz CT molecular complexity index is 1090. The highest BCUT2D eigenvalue weighted by Gasteiger charge is 2.21. The molecule has 4 rings (SSSR count). The summed E-state index contributed by atoms with van der Waals surface area (Å²) >= 11 is 6.19. The first-order valence-electron chi connectivity index (χ1n) is 7.91. The number of aromatic nitrogens is 4. The summed E-state index contributed by atoms with van der Waals surface area (Å²) in [6.45, 7) is 2.11. The van der Waals surface area contributed by atoms with E-state index in [2.05, 4.69) is 20.4 Å². The second-order valence-electron chi connectivity index (χ2n) is 5.67. The zero-order chi connectivity index (χ0) is 18.1. The molecular weight excluding hydrogens is 354 g/mol. The topological polar surface area (TPSA) is 85.3 Å². The third-order valence-electron chi connectivity index (χ3n) is 3.91. The number of hydrogen-bond donors (Lipinski definition) is 1. The number of oxazole rings is 1. The van der Waals surface area contributed by atoms with Gasteiger partial charge in [0.2, 0.25) is 5.76 Å². The highest BCUT2D eigenvalue weighted by atomic mass is 35.5. The Labute approximate surface area is 153 Å². The predicted molar refractivity (Wildman–Crippen MR) is 95.8 cm³/mol. The van der Waals surface area contributed by atoms with Crippen LogP contribution >= 0.6 is 11.6 Å². The number of nitrogens with one attached hydrogen (secondary N) is 1. The van der Waals surface area contributed by atoms with Gasteiger partial charge in [-0.3, -0.25) is 9.78 Å². The predicted octanol–water partition coefficient (Wildman–Crippen LogP) is 3.28. The molecule has 0 aliphatic carbocycles. The van der Waals surface area contributed by atoms with Crippen molar-refractivity contribution in [3.05, 3.63) is 70.8 Å². The number of carbonyl (C=O) groups is 1. The molecule has 0 unspecified atom stereocenters. The molecule has 0 atom stereocenters. The number of rotatable bonds is 4. The van der Waals surface area contributed by atoms with Gasteiger partial charge in [-0.2, -0.15) is 9.50 Å². The molecule has 26 heavy (non-hydrogen) atoms. The van der Waals surface area contributed by atoms with Gasteiger partial charge in [0.1, 0.15) is 0 Å². The second-order valence-corrected chi connectivity index (χ2v) is 6.08. The van der Waals surface area contributed by atoms with Crippen LogP contribution in [0.25, 0.3) is 17.2 Å². The van der Waals surface area contributed by atoms with Crippen LogP contribution in [0.5, 0.6) is 0 Å². The zero-order valence-corrected chi connectivity index (χ0v) is 14.6. The van der Waals surface area contributed by atoms with Crippen LogP contribution in [0.15, 0.2) is 53.2 Å². The number of benzene rings is 1. The van der Waals surface area contributed by atoms with Gasteiger partial charge in [-0.15, -0.1) is 5.10 Å². The van der Waals surface area contributed by atoms with Gasteiger partial charge >= 0.3 is 5.84 Å². The van der Waals surface area contributed by atoms with Gasteiger partial charge in [-0.25, -0.2) is 0 Å². The molecule has 8 heteroatoms. The summed E-state index contributed by atoms with van der Waals surface area (Å²) in [6, 6.07) is 11.0. The molecule has 0 aliphatic rings. The fourth-order valence-corrected chi connectivity index (χ4v) is 2.80. The number of aryl methyl sites for hydroxylation is 1. The fourth-order valence-electron chi connectivity index (χ4n) is 2.58. The van der Waals surface area contributed by atoms with Gasteiger partial charge in [0, 0.05) is 24.5 Å². The summed E-state index contributed by atoms with van der Waals surface area (Å²) in [4.78, 5) is 20.8. The minimum atomic E-state index is -0.335. The average Bonchev–Trinajstić information content (AvgIpc) is 3.20. The van der Waals surface area contributed by atoms with E-state index in [0.717, 1.165) is 5.56 Å². The van der Waals surface area contributed by atoms with Crippen molar-refractivity contribution < 1.29 is 9.21 Å². The molecule has 3 heterocycles. The molecule has 3 aromatic heterocycles. The quantitative estimate of drug-likeness (QED) is 0.598. The van der Waals surface area contributed by atoms with Crippen LogP contribution in [0.1, 0.15) is 21.8 Å². The summed E-state index contributed by atoms with van der Waals surface area (Å²) in [5.41, 5.74) is 2.17. The molecule has 7 nitrogen and oxygen atoms in total. The second kappa shape index (κ2) is 6.61. The van der Waals surface area contributed by atoms with Crippen LogP contribution in [0, 0.1) is 6.92 Å². The molecule has 130 valence electrons. The number of carbonyl (C=O) groups excluding carboxylic acids is 1. The van der Waals surface area contributed by atoms with E-state index in [0.29, 0.717) is 28.6 Å². The maximum atomic E-state index is 12.4. The Balaban J connectivity index is 1.59. The molecule has 1 amide bonds. The Morgan fingerprint density at radius 1 is 1.27 bits per heavy atom. The first-order chi connectivity index (χ1) is 12.6. The average molecular weight is 368 g/mol. The number of nitrogens with zero attached hydrogens (tertiary/aromatic N) is 4. The Morgan fingerprint density at radius 2 is 2.12 bits per heavy atom. The van der Waals surface area contributed by atoms with Crippen LogP contribution in [0.3, 0.4) is 0 Å². The number of fused-ring (bicyclic) bond motifs is 1. The zero-order valence-electron chi connectivity index (χ0n) is 13.8. The van der Waals surface area contributed by atoms with Crippen molar-refractivity contribution in [2.24, 2.45) is 0 Å². The van der Waals surface area contributed by atoms with Crippen molar-refractivity contribution in [2.75, 3.05) is 0 Å². The molecule has 0 spiro atoms. The van der Waals surface area contributed by atoms with Crippen LogP contribution in [-0.2, 0) is 6.54 Å². The monoisotopic (exact) mass is 367 g/mol. The minimum absolute atomic E-state index is 0.176. The number of amides is 1. The van der Waals surface area contributed by atoms with E-state index >= 15 is 0 Å². The minimum Gasteiger partial charge on any atom is -0.416 e. The van der Waals surface area contributed by atoms with E-state index in [1.807, 2.05) is 30.3 Å². The van der Waals surface area contributed by atoms with E-state index in [4.69, 9.17) is 16.0 Å². The third kappa shape index (κ3) is 2.93. The van der Waals surface area contributed by atoms with Gasteiger partial charge in [-0.05, 0) is 30.7 Å². The van der Waals surface area contributed by atoms with Crippen molar-refractivity contribution in [1.29, 1.82) is 0 Å². The largest absolute Gasteiger partial charge is 0.416 e. The molecule has 1 aromatic carbocycles. The lowest BCUT2D eigenvalue weighted by Crippen LogP contribution is -2.23. The molecule has 0 saturated carbocycles. The maximum Gasteiger partial charge on any atom is 0.325 e. The first kappa shape index (κ1) is 16.3. The van der Waals surface area contributed by atoms with E-state index in [9.17, 15) is 4.79 Å². The Morgan fingerprint density at radius 3 is 2.85 bits per heavy atom. The lowest BCUT2D eigenvalue weighted by atomic mass is 10.2. The summed E-state index contributed by atoms with van der Waals surface area (Å²) in [5.74, 6) is 0.524. The standard InChI is InChI=1S/C18H14ClN5O2/c1-11-15(17(25)21-10-12-5-4-8-20-9-12)26-18-22-16(23-24(11)18)13-6-2-3-7-14(13)19/h2-9H,10H2,1H3,(H,21,25). The summed E-state index contributed by atoms with van der Waals surface area (Å²) in [5, 5.41) is 7.75. The first-order valence-corrected chi connectivity index (χ1v) is 8.29. The third-order valence-corrected chi connectivity index (χ3v) is 4.24. The number of hydrogen-bond acceptors (Lipinski definition) is 5. The lowest BCUT2D eigenvalue weighted by molar-refractivity contribution is 0.0924. The van der Waals surface area contributed by atoms with Crippen molar-refractivity contribution >= 4 is 23.4 Å². The van der Waals surface area contributed by atoms with E-state index in [1.165, 1.54) is 4.52 Å². The van der Waals surface area contributed by atoms with Crippen LogP contribution in [-0.4, -0.2) is 25.5 Å². The van der Waals surface area contributed by atoms with Gasteiger partial charge in [0.15, 0.2) is 5.82 Å². The maximum absolute atomic E-state index is 12.4. The van der Waals surface area contributed by atoms with Crippen LogP contribution < -0.4 is 5.32 Å². The van der Waals surface area contributed by atoms with E-state index in [1.54, 1.807) is 25.4 Å². The van der Waals surface area contributed by atoms with Crippen molar-refractivity contribution in [2.45, 2.75) is 13.5 Å². The molecule has 0 saturated heterocycles. The van der Waals surface area contributed by atoms with Crippen molar-refractivity contribution in [3.63, 3.8) is 0 Å². The van der Waals surface area contributed by atoms with E-state index < -0.39 is 0 Å². The molecule has 0 fully saturated rings. The summed E-state index contributed by atoms with van der Waals surface area (Å²) in [7, 11) is 0. The normalized spacial score (nSPS) is 11.0. The molecule has 0 aliphatic heterocycles. The molecule has 1 N–H and O–H groups in total. The highest BCUT2D eigenvalue weighted by molar-refractivity contribution is 6.33. The fraction of sp³-hybridized carbons (Fsp3) is 0.111. The summed E-state index contributed by atoms with van der Waals surface area (Å²) < 4.78 is 7.11. The molecule has 0 bridgehead atoms. The number of halogens is 1. The van der Waals surface area contributed by atoms with Crippen LogP contribution in [0.4, 0.5) is 0 Å². The molecule has 0 radical (unpaired) electrons.